The second kappa shape index (κ2) is 14.8. The molecular formula is C13H29NaO5S. The minimum absolute atomic E-state index is 0. The molecule has 0 aliphatic heterocycles. The first-order valence-corrected chi connectivity index (χ1v) is 8.78. The van der Waals surface area contributed by atoms with E-state index in [9.17, 15) is 8.42 Å². The molecule has 1 unspecified atom stereocenters. The molecule has 0 aromatic rings. The Morgan fingerprint density at radius 2 is 1.50 bits per heavy atom. The van der Waals surface area contributed by atoms with Crippen molar-refractivity contribution >= 4 is 39.7 Å². The summed E-state index contributed by atoms with van der Waals surface area (Å²) in [6.45, 7) is 2.23. The van der Waals surface area contributed by atoms with Crippen molar-refractivity contribution in [1.82, 2.24) is 0 Å². The van der Waals surface area contributed by atoms with E-state index in [-0.39, 0.29) is 29.6 Å². The molecule has 0 aromatic carbocycles. The number of aliphatic hydroxyl groups excluding tert-OH is 1. The molecule has 1 atom stereocenters. The first-order valence-electron chi connectivity index (χ1n) is 7.17. The SMILES string of the molecule is CCCCCCCCCCOC(CO)CS(=O)(=O)O.[NaH]. The Balaban J connectivity index is 0. The van der Waals surface area contributed by atoms with Crippen molar-refractivity contribution < 1.29 is 22.8 Å². The quantitative estimate of drug-likeness (QED) is 0.307. The fraction of sp³-hybridized carbons (Fsp3) is 1.00. The summed E-state index contributed by atoms with van der Waals surface area (Å²) < 4.78 is 35.1. The standard InChI is InChI=1S/C13H28O5S.Na.H/c1-2-3-4-5-6-7-8-9-10-18-13(11-14)12-19(15,16)17;;/h13-14H,2-12H2,1H3,(H,15,16,17);;. The van der Waals surface area contributed by atoms with Crippen LogP contribution in [0.2, 0.25) is 0 Å². The molecular weight excluding hydrogens is 291 g/mol. The van der Waals surface area contributed by atoms with Crippen molar-refractivity contribution in [3.63, 3.8) is 0 Å². The molecule has 0 aliphatic rings. The summed E-state index contributed by atoms with van der Waals surface area (Å²) in [6.07, 6.45) is 8.61. The fourth-order valence-corrected chi connectivity index (χ4v) is 2.55. The van der Waals surface area contributed by atoms with Crippen LogP contribution in [0.25, 0.3) is 0 Å². The van der Waals surface area contributed by atoms with Gasteiger partial charge < -0.3 is 9.84 Å². The molecule has 2 N–H and O–H groups in total. The number of rotatable bonds is 13. The third-order valence-corrected chi connectivity index (χ3v) is 3.74. The Labute approximate surface area is 145 Å². The first-order chi connectivity index (χ1) is 8.99. The predicted molar refractivity (Wildman–Crippen MR) is 83.0 cm³/mol. The van der Waals surface area contributed by atoms with Gasteiger partial charge >= 0.3 is 29.6 Å². The fourth-order valence-electron chi connectivity index (χ4n) is 1.87. The monoisotopic (exact) mass is 320 g/mol. The average molecular weight is 320 g/mol. The second-order valence-electron chi connectivity index (χ2n) is 4.90. The molecule has 5 nitrogen and oxygen atoms in total. The number of ether oxygens (including phenoxy) is 1. The van der Waals surface area contributed by atoms with Gasteiger partial charge in [0.2, 0.25) is 0 Å². The Bertz CT molecular complexity index is 295. The zero-order chi connectivity index (χ0) is 14.6. The van der Waals surface area contributed by atoms with Crippen LogP contribution in [0.15, 0.2) is 0 Å². The molecule has 0 saturated heterocycles. The minimum atomic E-state index is -4.08. The van der Waals surface area contributed by atoms with Crippen molar-refractivity contribution in [3.8, 4) is 0 Å². The Hall–Kier alpha value is 0.830. The van der Waals surface area contributed by atoms with E-state index in [1.165, 1.54) is 32.1 Å². The Morgan fingerprint density at radius 3 is 1.95 bits per heavy atom. The Kier molecular flexibility index (Phi) is 17.0. The van der Waals surface area contributed by atoms with E-state index in [1.54, 1.807) is 0 Å². The van der Waals surface area contributed by atoms with E-state index in [2.05, 4.69) is 6.92 Å². The van der Waals surface area contributed by atoms with Crippen molar-refractivity contribution in [1.29, 1.82) is 0 Å². The van der Waals surface area contributed by atoms with Crippen LogP contribution in [-0.2, 0) is 14.9 Å². The number of hydrogen-bond donors (Lipinski definition) is 2. The van der Waals surface area contributed by atoms with Crippen molar-refractivity contribution in [2.24, 2.45) is 0 Å². The van der Waals surface area contributed by atoms with Crippen LogP contribution in [0, 0.1) is 0 Å². The summed E-state index contributed by atoms with van der Waals surface area (Å²) in [5.74, 6) is -0.541. The molecule has 0 bridgehead atoms. The van der Waals surface area contributed by atoms with Gasteiger partial charge in [-0.2, -0.15) is 8.42 Å². The molecule has 0 saturated carbocycles. The number of hydrogen-bond acceptors (Lipinski definition) is 4. The zero-order valence-electron chi connectivity index (χ0n) is 11.9. The zero-order valence-corrected chi connectivity index (χ0v) is 12.7. The normalized spacial score (nSPS) is 12.9. The molecule has 7 heteroatoms. The number of aliphatic hydroxyl groups is 1. The summed E-state index contributed by atoms with van der Waals surface area (Å²) in [7, 11) is -4.08. The Morgan fingerprint density at radius 1 is 1.00 bits per heavy atom. The predicted octanol–water partition coefficient (Wildman–Crippen LogP) is 1.74. The molecule has 0 aliphatic carbocycles. The molecule has 0 amide bonds. The van der Waals surface area contributed by atoms with E-state index >= 15 is 0 Å². The van der Waals surface area contributed by atoms with E-state index in [0.717, 1.165) is 19.3 Å². The van der Waals surface area contributed by atoms with Gasteiger partial charge in [-0.3, -0.25) is 4.55 Å². The summed E-state index contributed by atoms with van der Waals surface area (Å²) in [6, 6.07) is 0. The van der Waals surface area contributed by atoms with Crippen molar-refractivity contribution in [2.75, 3.05) is 19.0 Å². The summed E-state index contributed by atoms with van der Waals surface area (Å²) in [4.78, 5) is 0. The van der Waals surface area contributed by atoms with Gasteiger partial charge in [-0.05, 0) is 6.42 Å². The van der Waals surface area contributed by atoms with Crippen LogP contribution in [-0.4, -0.2) is 72.7 Å². The van der Waals surface area contributed by atoms with E-state index < -0.39 is 28.6 Å². The van der Waals surface area contributed by atoms with E-state index in [4.69, 9.17) is 14.4 Å². The maximum absolute atomic E-state index is 10.6. The molecule has 0 aromatic heterocycles. The van der Waals surface area contributed by atoms with Gasteiger partial charge in [0.15, 0.2) is 0 Å². The summed E-state index contributed by atoms with van der Waals surface area (Å²) in [5.41, 5.74) is 0. The van der Waals surface area contributed by atoms with Gasteiger partial charge in [0.1, 0.15) is 5.75 Å². The molecule has 0 spiro atoms. The van der Waals surface area contributed by atoms with Gasteiger partial charge in [-0.15, -0.1) is 0 Å². The molecule has 0 rings (SSSR count). The van der Waals surface area contributed by atoms with Gasteiger partial charge in [0.25, 0.3) is 10.1 Å². The summed E-state index contributed by atoms with van der Waals surface area (Å²) >= 11 is 0. The number of unbranched alkanes of at least 4 members (excludes halogenated alkanes) is 7. The third kappa shape index (κ3) is 16.9. The topological polar surface area (TPSA) is 83.8 Å². The van der Waals surface area contributed by atoms with Crippen LogP contribution < -0.4 is 0 Å². The molecule has 0 heterocycles. The van der Waals surface area contributed by atoms with Gasteiger partial charge in [-0.25, -0.2) is 0 Å². The molecule has 20 heavy (non-hydrogen) atoms. The molecule has 0 fully saturated rings. The van der Waals surface area contributed by atoms with Gasteiger partial charge in [0, 0.05) is 6.61 Å². The maximum atomic E-state index is 10.6. The van der Waals surface area contributed by atoms with Crippen LogP contribution in [0.1, 0.15) is 58.3 Å². The van der Waals surface area contributed by atoms with Crippen molar-refractivity contribution in [2.45, 2.75) is 64.4 Å². The van der Waals surface area contributed by atoms with Crippen LogP contribution in [0.4, 0.5) is 0 Å². The third-order valence-electron chi connectivity index (χ3n) is 2.95. The molecule has 118 valence electrons. The van der Waals surface area contributed by atoms with E-state index in [0.29, 0.717) is 6.61 Å². The van der Waals surface area contributed by atoms with Crippen LogP contribution in [0.5, 0.6) is 0 Å². The van der Waals surface area contributed by atoms with Gasteiger partial charge in [0.05, 0.1) is 12.7 Å². The average Bonchev–Trinajstić information content (AvgIpc) is 2.34. The van der Waals surface area contributed by atoms with Gasteiger partial charge in [-0.1, -0.05) is 51.9 Å². The summed E-state index contributed by atoms with van der Waals surface area (Å²) in [5, 5.41) is 8.91. The van der Waals surface area contributed by atoms with E-state index in [1.807, 2.05) is 0 Å². The second-order valence-corrected chi connectivity index (χ2v) is 6.40. The first kappa shape index (κ1) is 23.1. The van der Waals surface area contributed by atoms with Crippen molar-refractivity contribution in [3.05, 3.63) is 0 Å². The molecule has 0 radical (unpaired) electrons. The van der Waals surface area contributed by atoms with Crippen LogP contribution in [0.3, 0.4) is 0 Å². The van der Waals surface area contributed by atoms with Crippen LogP contribution >= 0.6 is 0 Å².